The van der Waals surface area contributed by atoms with Crippen LogP contribution in [0.2, 0.25) is 0 Å². The molecule has 0 aliphatic carbocycles. The molecule has 1 aromatic carbocycles. The lowest BCUT2D eigenvalue weighted by Gasteiger charge is -2.25. The molecule has 0 fully saturated rings. The van der Waals surface area contributed by atoms with E-state index in [4.69, 9.17) is 11.6 Å². The van der Waals surface area contributed by atoms with Crippen LogP contribution in [0.25, 0.3) is 11.0 Å². The Morgan fingerprint density at radius 1 is 1.29 bits per heavy atom. The third-order valence-electron chi connectivity index (χ3n) is 2.86. The molecule has 92 valence electrons. The molecular weight excluding hydrogens is 232 g/mol. The Morgan fingerprint density at radius 3 is 2.47 bits per heavy atom. The number of rotatable bonds is 1. The Bertz CT molecular complexity index is 547. The molecule has 1 atom stereocenters. The highest BCUT2D eigenvalue weighted by molar-refractivity contribution is 6.20. The fourth-order valence-electron chi connectivity index (χ4n) is 2.18. The van der Waals surface area contributed by atoms with E-state index in [-0.39, 0.29) is 10.9 Å². The zero-order chi connectivity index (χ0) is 12.8. The molecular formula is C14H19ClN2. The van der Waals surface area contributed by atoms with Gasteiger partial charge in [0.1, 0.15) is 5.82 Å². The molecule has 0 saturated carbocycles. The molecule has 1 aromatic heterocycles. The van der Waals surface area contributed by atoms with Crippen LogP contribution in [0, 0.1) is 6.92 Å². The lowest BCUT2D eigenvalue weighted by atomic mass is 10.1. The molecule has 17 heavy (non-hydrogen) atoms. The molecule has 0 aliphatic rings. The number of hydrogen-bond acceptors (Lipinski definition) is 1. The van der Waals surface area contributed by atoms with Crippen LogP contribution in [0.4, 0.5) is 0 Å². The van der Waals surface area contributed by atoms with Gasteiger partial charge in [0.15, 0.2) is 0 Å². The van der Waals surface area contributed by atoms with Crippen LogP contribution in [0.3, 0.4) is 0 Å². The van der Waals surface area contributed by atoms with E-state index < -0.39 is 0 Å². The maximum Gasteiger partial charge on any atom is 0.128 e. The highest BCUT2D eigenvalue weighted by Crippen LogP contribution is 2.30. The predicted molar refractivity (Wildman–Crippen MR) is 73.7 cm³/mol. The fraction of sp³-hybridized carbons (Fsp3) is 0.500. The van der Waals surface area contributed by atoms with E-state index in [0.29, 0.717) is 0 Å². The number of aryl methyl sites for hydroxylation is 1. The van der Waals surface area contributed by atoms with Crippen molar-refractivity contribution in [1.82, 2.24) is 9.55 Å². The van der Waals surface area contributed by atoms with E-state index in [2.05, 4.69) is 55.4 Å². The summed E-state index contributed by atoms with van der Waals surface area (Å²) in [6.45, 7) is 10.6. The van der Waals surface area contributed by atoms with Crippen molar-refractivity contribution in [2.45, 2.75) is 45.5 Å². The summed E-state index contributed by atoms with van der Waals surface area (Å²) in [5.74, 6) is 0.944. The average Bonchev–Trinajstić information content (AvgIpc) is 2.55. The van der Waals surface area contributed by atoms with E-state index >= 15 is 0 Å². The molecule has 2 aromatic rings. The van der Waals surface area contributed by atoms with Crippen molar-refractivity contribution in [2.75, 3.05) is 0 Å². The quantitative estimate of drug-likeness (QED) is 0.686. The highest BCUT2D eigenvalue weighted by atomic mass is 35.5. The molecule has 0 spiro atoms. The average molecular weight is 251 g/mol. The summed E-state index contributed by atoms with van der Waals surface area (Å²) in [4.78, 5) is 4.67. The van der Waals surface area contributed by atoms with Gasteiger partial charge in [-0.2, -0.15) is 0 Å². The lowest BCUT2D eigenvalue weighted by Crippen LogP contribution is -2.24. The summed E-state index contributed by atoms with van der Waals surface area (Å²) in [5, 5.41) is -0.0815. The van der Waals surface area contributed by atoms with Crippen LogP contribution in [0.5, 0.6) is 0 Å². The number of benzene rings is 1. The summed E-state index contributed by atoms with van der Waals surface area (Å²) in [6, 6.07) is 6.36. The van der Waals surface area contributed by atoms with Crippen LogP contribution in [-0.2, 0) is 5.54 Å². The summed E-state index contributed by atoms with van der Waals surface area (Å²) >= 11 is 6.24. The molecule has 0 aliphatic heterocycles. The largest absolute Gasteiger partial charge is 0.321 e. The second-order valence-corrected chi connectivity index (χ2v) is 6.24. The van der Waals surface area contributed by atoms with Gasteiger partial charge in [0, 0.05) is 5.54 Å². The first-order valence-electron chi connectivity index (χ1n) is 5.94. The first-order valence-corrected chi connectivity index (χ1v) is 6.38. The van der Waals surface area contributed by atoms with Crippen LogP contribution >= 0.6 is 11.6 Å². The Hall–Kier alpha value is -1.02. The van der Waals surface area contributed by atoms with Gasteiger partial charge in [0.2, 0.25) is 0 Å². The number of hydrogen-bond donors (Lipinski definition) is 0. The molecule has 0 N–H and O–H groups in total. The van der Waals surface area contributed by atoms with E-state index in [1.807, 2.05) is 6.92 Å². The molecule has 0 saturated heterocycles. The van der Waals surface area contributed by atoms with E-state index in [0.717, 1.165) is 16.9 Å². The second-order valence-electron chi connectivity index (χ2n) is 5.58. The molecule has 2 nitrogen and oxygen atoms in total. The second kappa shape index (κ2) is 4.02. The minimum absolute atomic E-state index is 0.0114. The molecule has 1 heterocycles. The number of imidazole rings is 1. The van der Waals surface area contributed by atoms with Gasteiger partial charge < -0.3 is 4.57 Å². The van der Waals surface area contributed by atoms with E-state index in [9.17, 15) is 0 Å². The molecule has 1 unspecified atom stereocenters. The molecule has 0 amide bonds. The number of nitrogens with zero attached hydrogens (tertiary/aromatic N) is 2. The zero-order valence-electron chi connectivity index (χ0n) is 11.1. The van der Waals surface area contributed by atoms with Gasteiger partial charge in [-0.3, -0.25) is 0 Å². The SMILES string of the molecule is Cc1ccc2c(c1)nc(C(C)Cl)n2C(C)(C)C. The monoisotopic (exact) mass is 250 g/mol. The summed E-state index contributed by atoms with van der Waals surface area (Å²) in [7, 11) is 0. The predicted octanol–water partition coefficient (Wildman–Crippen LogP) is 4.40. The summed E-state index contributed by atoms with van der Waals surface area (Å²) in [6.07, 6.45) is 0. The summed E-state index contributed by atoms with van der Waals surface area (Å²) < 4.78 is 2.24. The van der Waals surface area contributed by atoms with E-state index in [1.165, 1.54) is 5.56 Å². The third kappa shape index (κ3) is 2.19. The van der Waals surface area contributed by atoms with Gasteiger partial charge in [-0.15, -0.1) is 11.6 Å². The van der Waals surface area contributed by atoms with Crippen LogP contribution in [0.15, 0.2) is 18.2 Å². The van der Waals surface area contributed by atoms with Crippen LogP contribution in [-0.4, -0.2) is 9.55 Å². The summed E-state index contributed by atoms with van der Waals surface area (Å²) in [5.41, 5.74) is 3.40. The fourth-order valence-corrected chi connectivity index (χ4v) is 2.33. The van der Waals surface area contributed by atoms with Crippen molar-refractivity contribution < 1.29 is 0 Å². The van der Waals surface area contributed by atoms with Gasteiger partial charge >= 0.3 is 0 Å². The normalized spacial score (nSPS) is 14.2. The van der Waals surface area contributed by atoms with Gasteiger partial charge in [0.25, 0.3) is 0 Å². The van der Waals surface area contributed by atoms with Crippen molar-refractivity contribution >= 4 is 22.6 Å². The Morgan fingerprint density at radius 2 is 1.94 bits per heavy atom. The highest BCUT2D eigenvalue weighted by Gasteiger charge is 2.23. The Balaban J connectivity index is 2.81. The van der Waals surface area contributed by atoms with Crippen LogP contribution < -0.4 is 0 Å². The molecule has 2 rings (SSSR count). The van der Waals surface area contributed by atoms with Gasteiger partial charge in [0.05, 0.1) is 16.4 Å². The van der Waals surface area contributed by atoms with Crippen molar-refractivity contribution in [2.24, 2.45) is 0 Å². The number of fused-ring (bicyclic) bond motifs is 1. The maximum atomic E-state index is 6.24. The number of aromatic nitrogens is 2. The van der Waals surface area contributed by atoms with E-state index in [1.54, 1.807) is 0 Å². The van der Waals surface area contributed by atoms with Gasteiger partial charge in [-0.1, -0.05) is 6.07 Å². The Kier molecular flexibility index (Phi) is 2.94. The third-order valence-corrected chi connectivity index (χ3v) is 3.06. The first-order chi connectivity index (χ1) is 7.80. The lowest BCUT2D eigenvalue weighted by molar-refractivity contribution is 0.394. The molecule has 0 radical (unpaired) electrons. The minimum Gasteiger partial charge on any atom is -0.321 e. The molecule has 3 heteroatoms. The smallest absolute Gasteiger partial charge is 0.128 e. The van der Waals surface area contributed by atoms with Gasteiger partial charge in [-0.05, 0) is 52.3 Å². The van der Waals surface area contributed by atoms with Gasteiger partial charge in [-0.25, -0.2) is 4.98 Å². The number of halogens is 1. The van der Waals surface area contributed by atoms with Crippen molar-refractivity contribution in [3.63, 3.8) is 0 Å². The Labute approximate surface area is 108 Å². The maximum absolute atomic E-state index is 6.24. The molecule has 0 bridgehead atoms. The zero-order valence-corrected chi connectivity index (χ0v) is 11.8. The van der Waals surface area contributed by atoms with Crippen molar-refractivity contribution in [3.8, 4) is 0 Å². The first kappa shape index (κ1) is 12.4. The minimum atomic E-state index is -0.0815. The van der Waals surface area contributed by atoms with Crippen molar-refractivity contribution in [3.05, 3.63) is 29.6 Å². The standard InChI is InChI=1S/C14H19ClN2/c1-9-6-7-12-11(8-9)16-13(10(2)15)17(12)14(3,4)5/h6-8,10H,1-5H3. The number of alkyl halides is 1. The topological polar surface area (TPSA) is 17.8 Å². The van der Waals surface area contributed by atoms with Crippen LogP contribution in [0.1, 0.15) is 44.5 Å². The van der Waals surface area contributed by atoms with Crippen molar-refractivity contribution in [1.29, 1.82) is 0 Å².